The zero-order valence-corrected chi connectivity index (χ0v) is 14.4. The van der Waals surface area contributed by atoms with Crippen LogP contribution >= 0.6 is 0 Å². The van der Waals surface area contributed by atoms with Crippen molar-refractivity contribution in [2.24, 2.45) is 0 Å². The maximum atomic E-state index is 12.6. The molecule has 2 aromatic rings. The molecule has 1 aliphatic rings. The molecular weight excluding hydrogens is 332 g/mol. The van der Waals surface area contributed by atoms with E-state index < -0.39 is 10.0 Å². The van der Waals surface area contributed by atoms with Crippen molar-refractivity contribution in [3.8, 4) is 11.5 Å². The zero-order chi connectivity index (χ0) is 17.2. The highest BCUT2D eigenvalue weighted by Crippen LogP contribution is 2.32. The lowest BCUT2D eigenvalue weighted by Crippen LogP contribution is -2.34. The molecule has 0 aliphatic carbocycles. The van der Waals surface area contributed by atoms with Gasteiger partial charge in [0.05, 0.1) is 17.2 Å². The number of nitrogens with zero attached hydrogens (tertiary/aromatic N) is 1. The molecule has 3 rings (SSSR count). The van der Waals surface area contributed by atoms with E-state index in [1.807, 2.05) is 25.1 Å². The number of nitrogens with one attached hydrogen (secondary N) is 1. The summed E-state index contributed by atoms with van der Waals surface area (Å²) in [4.78, 5) is 2.04. The van der Waals surface area contributed by atoms with E-state index >= 15 is 0 Å². The number of rotatable bonds is 6. The molecule has 0 spiro atoms. The summed E-state index contributed by atoms with van der Waals surface area (Å²) >= 11 is 0. The van der Waals surface area contributed by atoms with Crippen molar-refractivity contribution in [2.45, 2.75) is 10.9 Å². The molecular formula is C16H20N2O5S. The Balaban J connectivity index is 1.76. The van der Waals surface area contributed by atoms with Crippen LogP contribution in [0.25, 0.3) is 0 Å². The third kappa shape index (κ3) is 3.55. The first-order chi connectivity index (χ1) is 11.5. The summed E-state index contributed by atoms with van der Waals surface area (Å²) < 4.78 is 44.0. The quantitative estimate of drug-likeness (QED) is 0.851. The first kappa shape index (κ1) is 16.8. The van der Waals surface area contributed by atoms with Gasteiger partial charge in [-0.25, -0.2) is 13.1 Å². The van der Waals surface area contributed by atoms with E-state index in [0.29, 0.717) is 30.5 Å². The van der Waals surface area contributed by atoms with E-state index in [9.17, 15) is 8.42 Å². The minimum absolute atomic E-state index is 0.142. The molecule has 0 radical (unpaired) electrons. The average Bonchev–Trinajstić information content (AvgIpc) is 3.08. The Morgan fingerprint density at radius 2 is 1.92 bits per heavy atom. The van der Waals surface area contributed by atoms with Crippen LogP contribution in [0.1, 0.15) is 11.8 Å². The van der Waals surface area contributed by atoms with Gasteiger partial charge in [0.25, 0.3) is 0 Å². The standard InChI is InChI=1S/C16H20N2O5S/c1-18(2)13(14-4-3-7-21-14)11-17-24(19,20)12-5-6-15-16(10-12)23-9-8-22-15/h3-7,10,13,17H,8-9,11H2,1-2H3/t13-/m1/s1. The molecule has 0 unspecified atom stereocenters. The Morgan fingerprint density at radius 1 is 1.17 bits per heavy atom. The van der Waals surface area contributed by atoms with Crippen LogP contribution in [0, 0.1) is 0 Å². The molecule has 1 atom stereocenters. The first-order valence-electron chi connectivity index (χ1n) is 7.56. The molecule has 0 amide bonds. The fraction of sp³-hybridized carbons (Fsp3) is 0.375. The molecule has 0 saturated heterocycles. The molecule has 0 bridgehead atoms. The van der Waals surface area contributed by atoms with Gasteiger partial charge in [0.15, 0.2) is 11.5 Å². The Kier molecular flexibility index (Phi) is 4.79. The summed E-state index contributed by atoms with van der Waals surface area (Å²) in [6, 6.07) is 8.00. The van der Waals surface area contributed by atoms with E-state index in [0.717, 1.165) is 0 Å². The van der Waals surface area contributed by atoms with Crippen molar-refractivity contribution in [3.63, 3.8) is 0 Å². The molecule has 7 nitrogen and oxygen atoms in total. The summed E-state index contributed by atoms with van der Waals surface area (Å²) in [5.41, 5.74) is 0. The number of likely N-dealkylation sites (N-methyl/N-ethyl adjacent to an activating group) is 1. The Bertz CT molecular complexity index is 787. The monoisotopic (exact) mass is 352 g/mol. The summed E-state index contributed by atoms with van der Waals surface area (Å²) in [6.45, 7) is 1.06. The normalized spacial score (nSPS) is 15.5. The van der Waals surface area contributed by atoms with Gasteiger partial charge in [-0.05, 0) is 38.4 Å². The van der Waals surface area contributed by atoms with Gasteiger partial charge in [-0.15, -0.1) is 0 Å². The molecule has 1 N–H and O–H groups in total. The lowest BCUT2D eigenvalue weighted by molar-refractivity contribution is 0.171. The Hall–Kier alpha value is -2.03. The van der Waals surface area contributed by atoms with Crippen molar-refractivity contribution in [1.29, 1.82) is 0 Å². The van der Waals surface area contributed by atoms with Crippen molar-refractivity contribution in [1.82, 2.24) is 9.62 Å². The maximum absolute atomic E-state index is 12.6. The summed E-state index contributed by atoms with van der Waals surface area (Å²) in [5, 5.41) is 0. The van der Waals surface area contributed by atoms with E-state index in [1.165, 1.54) is 12.1 Å². The van der Waals surface area contributed by atoms with Crippen molar-refractivity contribution in [3.05, 3.63) is 42.4 Å². The molecule has 24 heavy (non-hydrogen) atoms. The number of sulfonamides is 1. The SMILES string of the molecule is CN(C)[C@H](CNS(=O)(=O)c1ccc2c(c1)OCCO2)c1ccco1. The van der Waals surface area contributed by atoms with Gasteiger partial charge in [-0.1, -0.05) is 0 Å². The van der Waals surface area contributed by atoms with Crippen LogP contribution in [-0.4, -0.2) is 47.2 Å². The van der Waals surface area contributed by atoms with Crippen LogP contribution in [0.2, 0.25) is 0 Å². The Labute approximate surface area is 141 Å². The number of ether oxygens (including phenoxy) is 2. The fourth-order valence-corrected chi connectivity index (χ4v) is 3.53. The van der Waals surface area contributed by atoms with Crippen molar-refractivity contribution in [2.75, 3.05) is 33.9 Å². The van der Waals surface area contributed by atoms with Gasteiger partial charge in [-0.2, -0.15) is 0 Å². The molecule has 1 aromatic carbocycles. The smallest absolute Gasteiger partial charge is 0.240 e. The molecule has 8 heteroatoms. The topological polar surface area (TPSA) is 81.0 Å². The van der Waals surface area contributed by atoms with Gasteiger partial charge in [0.1, 0.15) is 19.0 Å². The van der Waals surface area contributed by atoms with Crippen LogP contribution < -0.4 is 14.2 Å². The minimum Gasteiger partial charge on any atom is -0.486 e. The number of hydrogen-bond donors (Lipinski definition) is 1. The summed E-state index contributed by atoms with van der Waals surface area (Å²) in [6.07, 6.45) is 1.57. The highest BCUT2D eigenvalue weighted by molar-refractivity contribution is 7.89. The Morgan fingerprint density at radius 3 is 2.58 bits per heavy atom. The van der Waals surface area contributed by atoms with Gasteiger partial charge in [-0.3, -0.25) is 4.90 Å². The third-order valence-corrected chi connectivity index (χ3v) is 5.21. The third-order valence-electron chi connectivity index (χ3n) is 3.79. The molecule has 1 aliphatic heterocycles. The predicted octanol–water partition coefficient (Wildman–Crippen LogP) is 1.63. The van der Waals surface area contributed by atoms with Gasteiger partial charge < -0.3 is 13.9 Å². The number of fused-ring (bicyclic) bond motifs is 1. The second kappa shape index (κ2) is 6.84. The van der Waals surface area contributed by atoms with Gasteiger partial charge >= 0.3 is 0 Å². The number of benzene rings is 1. The average molecular weight is 352 g/mol. The highest BCUT2D eigenvalue weighted by atomic mass is 32.2. The van der Waals surface area contributed by atoms with E-state index in [2.05, 4.69) is 4.72 Å². The molecule has 0 saturated carbocycles. The second-order valence-corrected chi connectivity index (χ2v) is 7.42. The highest BCUT2D eigenvalue weighted by Gasteiger charge is 2.23. The maximum Gasteiger partial charge on any atom is 0.240 e. The second-order valence-electron chi connectivity index (χ2n) is 5.65. The van der Waals surface area contributed by atoms with Crippen LogP contribution in [0.3, 0.4) is 0 Å². The lowest BCUT2D eigenvalue weighted by Gasteiger charge is -2.23. The number of furan rings is 1. The predicted molar refractivity (Wildman–Crippen MR) is 87.8 cm³/mol. The van der Waals surface area contributed by atoms with E-state index in [1.54, 1.807) is 18.4 Å². The number of hydrogen-bond acceptors (Lipinski definition) is 6. The van der Waals surface area contributed by atoms with Gasteiger partial charge in [0, 0.05) is 12.6 Å². The van der Waals surface area contributed by atoms with Crippen molar-refractivity contribution < 1.29 is 22.3 Å². The lowest BCUT2D eigenvalue weighted by atomic mass is 10.2. The van der Waals surface area contributed by atoms with Crippen LogP contribution in [0.15, 0.2) is 45.9 Å². The first-order valence-corrected chi connectivity index (χ1v) is 9.05. The van der Waals surface area contributed by atoms with Crippen LogP contribution in [0.4, 0.5) is 0 Å². The fourth-order valence-electron chi connectivity index (χ4n) is 2.48. The molecule has 2 heterocycles. The van der Waals surface area contributed by atoms with E-state index in [4.69, 9.17) is 13.9 Å². The summed E-state index contributed by atoms with van der Waals surface area (Å²) in [7, 11) is 0.0660. The van der Waals surface area contributed by atoms with Crippen LogP contribution in [0.5, 0.6) is 11.5 Å². The van der Waals surface area contributed by atoms with Crippen LogP contribution in [-0.2, 0) is 10.0 Å². The largest absolute Gasteiger partial charge is 0.486 e. The van der Waals surface area contributed by atoms with Crippen molar-refractivity contribution >= 4 is 10.0 Å². The minimum atomic E-state index is -3.67. The van der Waals surface area contributed by atoms with E-state index in [-0.39, 0.29) is 17.5 Å². The van der Waals surface area contributed by atoms with Gasteiger partial charge in [0.2, 0.25) is 10.0 Å². The zero-order valence-electron chi connectivity index (χ0n) is 13.6. The summed E-state index contributed by atoms with van der Waals surface area (Å²) in [5.74, 6) is 1.70. The molecule has 1 aromatic heterocycles. The molecule has 130 valence electrons. The molecule has 0 fully saturated rings.